The van der Waals surface area contributed by atoms with Gasteiger partial charge in [-0.2, -0.15) is 0 Å². The fourth-order valence-corrected chi connectivity index (χ4v) is 2.16. The lowest BCUT2D eigenvalue weighted by Gasteiger charge is -2.42. The quantitative estimate of drug-likeness (QED) is 0.198. The summed E-state index contributed by atoms with van der Waals surface area (Å²) in [6.45, 7) is -1.76. The average molecular weight is 358 g/mol. The summed E-state index contributed by atoms with van der Waals surface area (Å²) in [6.07, 6.45) is -16.9. The summed E-state index contributed by atoms with van der Waals surface area (Å²) < 4.78 is 9.98. The van der Waals surface area contributed by atoms with Crippen molar-refractivity contribution in [3.63, 3.8) is 0 Å². The van der Waals surface area contributed by atoms with Crippen LogP contribution in [0.1, 0.15) is 0 Å². The van der Waals surface area contributed by atoms with Crippen molar-refractivity contribution < 1.29 is 60.2 Å². The summed E-state index contributed by atoms with van der Waals surface area (Å²) in [5.41, 5.74) is 0. The Balaban J connectivity index is 2.94. The Morgan fingerprint density at radius 1 is 1.04 bits per heavy atom. The third-order valence-electron chi connectivity index (χ3n) is 3.62. The van der Waals surface area contributed by atoms with E-state index in [1.807, 2.05) is 0 Å². The van der Waals surface area contributed by atoms with Gasteiger partial charge in [-0.25, -0.2) is 4.79 Å². The Morgan fingerprint density at radius 2 is 1.62 bits per heavy atom. The van der Waals surface area contributed by atoms with Gasteiger partial charge in [-0.15, -0.1) is 0 Å². The minimum Gasteiger partial charge on any atom is -0.479 e. The van der Waals surface area contributed by atoms with Gasteiger partial charge in [0.15, 0.2) is 12.4 Å². The minimum absolute atomic E-state index is 0.766. The van der Waals surface area contributed by atoms with Gasteiger partial charge in [0.1, 0.15) is 42.7 Å². The Hall–Kier alpha value is -0.930. The number of aliphatic hydroxyl groups excluding tert-OH is 8. The lowest BCUT2D eigenvalue weighted by atomic mass is 9.98. The second-order valence-electron chi connectivity index (χ2n) is 5.32. The zero-order valence-corrected chi connectivity index (χ0v) is 12.4. The molecule has 9 atom stereocenters. The molecule has 0 spiro atoms. The summed E-state index contributed by atoms with van der Waals surface area (Å²) in [5.74, 6) is -1.84. The van der Waals surface area contributed by atoms with E-state index in [4.69, 9.17) is 24.8 Å². The van der Waals surface area contributed by atoms with Crippen LogP contribution in [0.5, 0.6) is 0 Å². The Morgan fingerprint density at radius 3 is 2.08 bits per heavy atom. The van der Waals surface area contributed by atoms with Gasteiger partial charge in [-0.3, -0.25) is 0 Å². The van der Waals surface area contributed by atoms with Gasteiger partial charge in [0.25, 0.3) is 0 Å². The van der Waals surface area contributed by atoms with Crippen molar-refractivity contribution in [3.05, 3.63) is 0 Å². The molecule has 1 heterocycles. The van der Waals surface area contributed by atoms with Crippen LogP contribution in [0.25, 0.3) is 0 Å². The van der Waals surface area contributed by atoms with Crippen LogP contribution in [0.3, 0.4) is 0 Å². The van der Waals surface area contributed by atoms with E-state index in [0.29, 0.717) is 0 Å². The number of carboxylic acids is 1. The van der Waals surface area contributed by atoms with Crippen molar-refractivity contribution in [2.45, 2.75) is 55.1 Å². The van der Waals surface area contributed by atoms with Crippen LogP contribution in [-0.4, -0.2) is 120 Å². The number of hydrogen-bond acceptors (Lipinski definition) is 11. The molecule has 0 aromatic heterocycles. The molecule has 12 nitrogen and oxygen atoms in total. The van der Waals surface area contributed by atoms with Crippen molar-refractivity contribution in [1.29, 1.82) is 0 Å². The van der Waals surface area contributed by atoms with Crippen LogP contribution < -0.4 is 0 Å². The molecule has 0 bridgehead atoms. The first kappa shape index (κ1) is 21.1. The molecule has 1 rings (SSSR count). The Kier molecular flexibility index (Phi) is 7.88. The van der Waals surface area contributed by atoms with Gasteiger partial charge in [-0.05, 0) is 0 Å². The molecule has 1 aliphatic heterocycles. The fourth-order valence-electron chi connectivity index (χ4n) is 2.16. The molecular formula is C12H22O12. The van der Waals surface area contributed by atoms with E-state index in [1.165, 1.54) is 0 Å². The largest absolute Gasteiger partial charge is 0.479 e. The fraction of sp³-hybridized carbons (Fsp3) is 0.917. The second kappa shape index (κ2) is 8.96. The van der Waals surface area contributed by atoms with Crippen LogP contribution in [0.4, 0.5) is 0 Å². The molecule has 142 valence electrons. The van der Waals surface area contributed by atoms with Gasteiger partial charge < -0.3 is 55.4 Å². The molecule has 9 N–H and O–H groups in total. The maximum atomic E-state index is 10.7. The lowest BCUT2D eigenvalue weighted by molar-refractivity contribution is -0.326. The molecular weight excluding hydrogens is 336 g/mol. The number of carboxylic acid groups (broad SMARTS) is 1. The normalized spacial score (nSPS) is 35.9. The van der Waals surface area contributed by atoms with Gasteiger partial charge in [0.2, 0.25) is 0 Å². The van der Waals surface area contributed by atoms with Crippen LogP contribution >= 0.6 is 0 Å². The summed E-state index contributed by atoms with van der Waals surface area (Å²) in [7, 11) is 0. The van der Waals surface area contributed by atoms with Crippen molar-refractivity contribution in [2.24, 2.45) is 0 Å². The smallest absolute Gasteiger partial charge is 0.335 e. The highest BCUT2D eigenvalue weighted by molar-refractivity contribution is 5.72. The molecule has 0 radical (unpaired) electrons. The third kappa shape index (κ3) is 4.58. The molecule has 1 fully saturated rings. The zero-order chi connectivity index (χ0) is 18.6. The molecule has 12 heteroatoms. The maximum Gasteiger partial charge on any atom is 0.335 e. The molecule has 0 amide bonds. The first-order valence-corrected chi connectivity index (χ1v) is 6.99. The molecule has 0 saturated carbocycles. The van der Waals surface area contributed by atoms with Gasteiger partial charge >= 0.3 is 5.97 Å². The SMILES string of the molecule is O=C(O)[C@H](O)[C@@H](O)[C@H](O[C@H]1O[C@H](CO)[C@H](O)[C@H](O)[C@H]1O)[C@H](O)CO. The predicted molar refractivity (Wildman–Crippen MR) is 71.4 cm³/mol. The molecule has 0 aliphatic carbocycles. The highest BCUT2D eigenvalue weighted by atomic mass is 16.7. The first-order chi connectivity index (χ1) is 11.1. The zero-order valence-electron chi connectivity index (χ0n) is 12.4. The monoisotopic (exact) mass is 358 g/mol. The molecule has 1 aliphatic rings. The standard InChI is InChI=1S/C12H22O12/c13-1-3(15)10(7(18)8(19)11(21)22)24-12-9(20)6(17)5(16)4(2-14)23-12/h3-10,12-20H,1-2H2,(H,21,22)/t3-,4-,5+,6+,7-,8-,9-,10-,12-/m1/s1. The third-order valence-corrected chi connectivity index (χ3v) is 3.62. The topological polar surface area (TPSA) is 218 Å². The molecule has 1 saturated heterocycles. The van der Waals surface area contributed by atoms with Crippen LogP contribution in [-0.2, 0) is 14.3 Å². The van der Waals surface area contributed by atoms with E-state index < -0.39 is 74.3 Å². The molecule has 24 heavy (non-hydrogen) atoms. The number of hydrogen-bond donors (Lipinski definition) is 9. The molecule has 0 unspecified atom stereocenters. The first-order valence-electron chi connectivity index (χ1n) is 6.99. The number of rotatable bonds is 8. The van der Waals surface area contributed by atoms with E-state index in [9.17, 15) is 35.4 Å². The summed E-state index contributed by atoms with van der Waals surface area (Å²) in [5, 5.41) is 84.5. The number of carbonyl (C=O) groups is 1. The maximum absolute atomic E-state index is 10.7. The van der Waals surface area contributed by atoms with E-state index in [-0.39, 0.29) is 0 Å². The average Bonchev–Trinajstić information content (AvgIpc) is 2.57. The summed E-state index contributed by atoms with van der Waals surface area (Å²) in [6, 6.07) is 0. The van der Waals surface area contributed by atoms with E-state index in [1.54, 1.807) is 0 Å². The number of aliphatic carboxylic acids is 1. The number of aliphatic hydroxyl groups is 8. The van der Waals surface area contributed by atoms with Crippen LogP contribution in [0, 0.1) is 0 Å². The highest BCUT2D eigenvalue weighted by Gasteiger charge is 2.47. The van der Waals surface area contributed by atoms with Crippen LogP contribution in [0.15, 0.2) is 0 Å². The van der Waals surface area contributed by atoms with E-state index in [2.05, 4.69) is 0 Å². The lowest BCUT2D eigenvalue weighted by Crippen LogP contribution is -2.61. The van der Waals surface area contributed by atoms with E-state index >= 15 is 0 Å². The van der Waals surface area contributed by atoms with Gasteiger partial charge in [0.05, 0.1) is 13.2 Å². The van der Waals surface area contributed by atoms with E-state index in [0.717, 1.165) is 0 Å². The predicted octanol–water partition coefficient (Wildman–Crippen LogP) is -5.67. The van der Waals surface area contributed by atoms with Gasteiger partial charge in [-0.1, -0.05) is 0 Å². The van der Waals surface area contributed by atoms with Gasteiger partial charge in [0, 0.05) is 0 Å². The number of ether oxygens (including phenoxy) is 2. The summed E-state index contributed by atoms with van der Waals surface area (Å²) in [4.78, 5) is 10.7. The van der Waals surface area contributed by atoms with Crippen molar-refractivity contribution in [3.8, 4) is 0 Å². The van der Waals surface area contributed by atoms with Crippen molar-refractivity contribution >= 4 is 5.97 Å². The van der Waals surface area contributed by atoms with Crippen molar-refractivity contribution in [1.82, 2.24) is 0 Å². The Bertz CT molecular complexity index is 403. The molecule has 0 aromatic rings. The minimum atomic E-state index is -2.39. The second-order valence-corrected chi connectivity index (χ2v) is 5.32. The summed E-state index contributed by atoms with van der Waals surface area (Å²) >= 11 is 0. The highest BCUT2D eigenvalue weighted by Crippen LogP contribution is 2.24. The Labute approximate surface area is 135 Å². The molecule has 0 aromatic carbocycles. The van der Waals surface area contributed by atoms with Crippen molar-refractivity contribution in [2.75, 3.05) is 13.2 Å². The van der Waals surface area contributed by atoms with Crippen LogP contribution in [0.2, 0.25) is 0 Å².